The van der Waals surface area contributed by atoms with Crippen molar-refractivity contribution in [2.75, 3.05) is 64.3 Å². The van der Waals surface area contributed by atoms with Gasteiger partial charge in [-0.2, -0.15) is 0 Å². The third kappa shape index (κ3) is 6.77. The molecule has 4 rings (SSSR count). The molecule has 2 aromatic carbocycles. The van der Waals surface area contributed by atoms with E-state index in [4.69, 9.17) is 4.74 Å². The lowest BCUT2D eigenvalue weighted by Crippen LogP contribution is -2.44. The van der Waals surface area contributed by atoms with Gasteiger partial charge in [0.15, 0.2) is 12.4 Å². The fraction of sp³-hybridized carbons (Fsp3) is 0.500. The Labute approximate surface area is 196 Å². The summed E-state index contributed by atoms with van der Waals surface area (Å²) >= 11 is 0. The fourth-order valence-electron chi connectivity index (χ4n) is 4.58. The Hall–Kier alpha value is -2.45. The summed E-state index contributed by atoms with van der Waals surface area (Å²) in [6.07, 6.45) is 0.749. The molecule has 0 saturated carbocycles. The first kappa shape index (κ1) is 23.7. The summed E-state index contributed by atoms with van der Waals surface area (Å²) < 4.78 is 5.93. The number of hydrogen-bond donors (Lipinski definition) is 2. The molecule has 7 nitrogen and oxygen atoms in total. The van der Waals surface area contributed by atoms with E-state index in [9.17, 15) is 9.90 Å². The van der Waals surface area contributed by atoms with Gasteiger partial charge in [0.1, 0.15) is 5.75 Å². The predicted octanol–water partition coefficient (Wildman–Crippen LogP) is 1.39. The van der Waals surface area contributed by atoms with Crippen molar-refractivity contribution < 1.29 is 14.6 Å². The van der Waals surface area contributed by atoms with Crippen LogP contribution < -0.4 is 15.0 Å². The smallest absolute Gasteiger partial charge is 0.166 e. The van der Waals surface area contributed by atoms with Gasteiger partial charge in [0.25, 0.3) is 0 Å². The highest BCUT2D eigenvalue weighted by atomic mass is 16.5. The van der Waals surface area contributed by atoms with Crippen molar-refractivity contribution in [1.29, 1.82) is 0 Å². The Morgan fingerprint density at radius 3 is 2.61 bits per heavy atom. The minimum absolute atomic E-state index is 0.363. The number of aliphatic hydroxyl groups is 1. The first-order valence-corrected chi connectivity index (χ1v) is 11.9. The largest absolute Gasteiger partial charge is 0.482 e. The van der Waals surface area contributed by atoms with Crippen molar-refractivity contribution in [3.63, 3.8) is 0 Å². The van der Waals surface area contributed by atoms with E-state index in [0.29, 0.717) is 25.4 Å². The van der Waals surface area contributed by atoms with E-state index in [0.717, 1.165) is 57.7 Å². The molecule has 2 atom stereocenters. The molecular formula is C26H36N4O3. The number of carbonyl (C=O) groups excluding carboxylic acids is 1. The van der Waals surface area contributed by atoms with Crippen molar-refractivity contribution in [3.05, 3.63) is 59.7 Å². The Morgan fingerprint density at radius 2 is 1.82 bits per heavy atom. The molecule has 1 saturated heterocycles. The number of aldehydes is 1. The van der Waals surface area contributed by atoms with Crippen molar-refractivity contribution in [3.8, 4) is 5.75 Å². The number of piperazine rings is 1. The molecule has 0 radical (unpaired) electrons. The van der Waals surface area contributed by atoms with Crippen molar-refractivity contribution >= 4 is 12.0 Å². The molecule has 1 fully saturated rings. The van der Waals surface area contributed by atoms with E-state index in [1.165, 1.54) is 11.1 Å². The quantitative estimate of drug-likeness (QED) is 0.528. The van der Waals surface area contributed by atoms with Gasteiger partial charge in [-0.1, -0.05) is 30.3 Å². The van der Waals surface area contributed by atoms with E-state index in [2.05, 4.69) is 57.4 Å². The number of carbonyl (C=O) groups is 1. The number of ether oxygens (including phenoxy) is 1. The summed E-state index contributed by atoms with van der Waals surface area (Å²) in [6.45, 7) is 7.28. The second kappa shape index (κ2) is 11.6. The van der Waals surface area contributed by atoms with E-state index in [1.54, 1.807) is 0 Å². The summed E-state index contributed by atoms with van der Waals surface area (Å²) in [5.74, 6) is 0.692. The maximum Gasteiger partial charge on any atom is 0.166 e. The van der Waals surface area contributed by atoms with Crippen molar-refractivity contribution in [2.45, 2.75) is 25.2 Å². The number of β-amino-alcohol motifs (C(OH)–C–C–N with tert-alkyl or cyclic N) is 1. The molecule has 0 amide bonds. The second-order valence-electron chi connectivity index (χ2n) is 9.15. The number of likely N-dealkylation sites (N-methyl/N-ethyl adjacent to an activating group) is 1. The van der Waals surface area contributed by atoms with Crippen LogP contribution >= 0.6 is 0 Å². The lowest BCUT2D eigenvalue weighted by molar-refractivity contribution is -0.113. The summed E-state index contributed by atoms with van der Waals surface area (Å²) in [7, 11) is 2.14. The molecule has 0 spiro atoms. The van der Waals surface area contributed by atoms with Crippen LogP contribution in [-0.4, -0.2) is 92.8 Å². The molecule has 0 aromatic heterocycles. The van der Waals surface area contributed by atoms with E-state index < -0.39 is 12.2 Å². The van der Waals surface area contributed by atoms with Crippen LogP contribution in [0.1, 0.15) is 11.1 Å². The van der Waals surface area contributed by atoms with Crippen LogP contribution in [0.5, 0.6) is 5.75 Å². The van der Waals surface area contributed by atoms with E-state index >= 15 is 0 Å². The fourth-order valence-corrected chi connectivity index (χ4v) is 4.58. The van der Waals surface area contributed by atoms with Gasteiger partial charge in [0.2, 0.25) is 0 Å². The molecule has 33 heavy (non-hydrogen) atoms. The van der Waals surface area contributed by atoms with Gasteiger partial charge in [-0.3, -0.25) is 9.69 Å². The van der Waals surface area contributed by atoms with Crippen molar-refractivity contribution in [2.24, 2.45) is 0 Å². The number of hydrogen-bond acceptors (Lipinski definition) is 7. The Morgan fingerprint density at radius 1 is 1.03 bits per heavy atom. The normalized spacial score (nSPS) is 19.0. The lowest BCUT2D eigenvalue weighted by Gasteiger charge is -2.34. The predicted molar refractivity (Wildman–Crippen MR) is 131 cm³/mol. The van der Waals surface area contributed by atoms with Gasteiger partial charge in [-0.05, 0) is 36.7 Å². The minimum atomic E-state index is -0.596. The number of rotatable bonds is 10. The van der Waals surface area contributed by atoms with Gasteiger partial charge >= 0.3 is 0 Å². The highest BCUT2D eigenvalue weighted by molar-refractivity contribution is 5.58. The van der Waals surface area contributed by atoms with E-state index in [-0.39, 0.29) is 0 Å². The molecule has 0 aliphatic carbocycles. The Kier molecular flexibility index (Phi) is 8.34. The molecule has 2 aliphatic rings. The molecule has 0 bridgehead atoms. The van der Waals surface area contributed by atoms with Crippen LogP contribution in [0.25, 0.3) is 0 Å². The number of anilines is 1. The van der Waals surface area contributed by atoms with Crippen LogP contribution in [0.3, 0.4) is 0 Å². The number of nitrogens with zero attached hydrogens (tertiary/aromatic N) is 3. The van der Waals surface area contributed by atoms with E-state index in [1.807, 2.05) is 18.2 Å². The summed E-state index contributed by atoms with van der Waals surface area (Å²) in [5.41, 5.74) is 3.87. The number of benzene rings is 2. The van der Waals surface area contributed by atoms with Crippen LogP contribution in [0.4, 0.5) is 5.69 Å². The minimum Gasteiger partial charge on any atom is -0.482 e. The Balaban J connectivity index is 1.20. The second-order valence-corrected chi connectivity index (χ2v) is 9.15. The molecule has 2 aliphatic heterocycles. The van der Waals surface area contributed by atoms with Crippen LogP contribution in [0.15, 0.2) is 48.5 Å². The monoisotopic (exact) mass is 452 g/mol. The molecule has 7 heteroatoms. The zero-order valence-corrected chi connectivity index (χ0v) is 19.5. The van der Waals surface area contributed by atoms with Crippen LogP contribution in [0.2, 0.25) is 0 Å². The lowest BCUT2D eigenvalue weighted by atomic mass is 10.00. The maximum atomic E-state index is 11.6. The molecule has 1 unspecified atom stereocenters. The zero-order valence-electron chi connectivity index (χ0n) is 19.5. The van der Waals surface area contributed by atoms with Gasteiger partial charge in [0.05, 0.1) is 6.10 Å². The van der Waals surface area contributed by atoms with Gasteiger partial charge in [-0.15, -0.1) is 0 Å². The molecule has 2 heterocycles. The molecular weight excluding hydrogens is 416 g/mol. The highest BCUT2D eigenvalue weighted by Gasteiger charge is 2.19. The molecule has 2 aromatic rings. The SMILES string of the molecule is CN1CCN(c2cccc(OC(C=O)CNC[C@@H](O)CN3CCc4ccccc4C3)c2)CC1. The highest BCUT2D eigenvalue weighted by Crippen LogP contribution is 2.23. The average molecular weight is 453 g/mol. The van der Waals surface area contributed by atoms with Gasteiger partial charge in [-0.25, -0.2) is 0 Å². The maximum absolute atomic E-state index is 11.6. The Bertz CT molecular complexity index is 901. The average Bonchev–Trinajstić information content (AvgIpc) is 2.84. The number of aliphatic hydroxyl groups excluding tert-OH is 1. The molecule has 2 N–H and O–H groups in total. The van der Waals surface area contributed by atoms with Crippen LogP contribution in [-0.2, 0) is 17.8 Å². The molecule has 178 valence electrons. The van der Waals surface area contributed by atoms with Gasteiger partial charge in [0, 0.05) is 70.7 Å². The first-order valence-electron chi connectivity index (χ1n) is 11.9. The summed E-state index contributed by atoms with van der Waals surface area (Å²) in [6, 6.07) is 16.5. The summed E-state index contributed by atoms with van der Waals surface area (Å²) in [4.78, 5) is 18.5. The third-order valence-corrected chi connectivity index (χ3v) is 6.53. The third-order valence-electron chi connectivity index (χ3n) is 6.53. The topological polar surface area (TPSA) is 68.3 Å². The van der Waals surface area contributed by atoms with Gasteiger partial charge < -0.3 is 25.0 Å². The first-order chi connectivity index (χ1) is 16.1. The number of fused-ring (bicyclic) bond motifs is 1. The van der Waals surface area contributed by atoms with Crippen molar-refractivity contribution in [1.82, 2.24) is 15.1 Å². The standard InChI is InChI=1S/C26H36N4O3/c1-28-11-13-30(14-12-28)23-7-4-8-25(15-23)33-26(20-31)17-27-16-24(32)19-29-10-9-21-5-2-3-6-22(21)18-29/h2-8,15,20,24,26-27,32H,9-14,16-19H2,1H3/t24-,26?/m1/s1. The van der Waals surface area contributed by atoms with Crippen LogP contribution in [0, 0.1) is 0 Å². The number of nitrogens with one attached hydrogen (secondary N) is 1. The summed E-state index contributed by atoms with van der Waals surface area (Å²) in [5, 5.41) is 13.7. The zero-order chi connectivity index (χ0) is 23.0.